The molecule has 0 fully saturated rings. The molecule has 3 aromatic rings. The van der Waals surface area contributed by atoms with E-state index in [2.05, 4.69) is 35.0 Å². The predicted molar refractivity (Wildman–Crippen MR) is 76.0 cm³/mol. The van der Waals surface area contributed by atoms with Crippen LogP contribution in [0.3, 0.4) is 0 Å². The Hall–Kier alpha value is -2.42. The summed E-state index contributed by atoms with van der Waals surface area (Å²) in [5.74, 6) is 0.855. The molecule has 2 nitrogen and oxygen atoms in total. The van der Waals surface area contributed by atoms with Gasteiger partial charge in [0.2, 0.25) is 0 Å². The Labute approximate surface area is 116 Å². The van der Waals surface area contributed by atoms with E-state index in [9.17, 15) is 4.39 Å². The molecule has 4 rings (SSSR count). The molecule has 0 N–H and O–H groups in total. The van der Waals surface area contributed by atoms with E-state index in [4.69, 9.17) is 4.98 Å². The highest BCUT2D eigenvalue weighted by Gasteiger charge is 2.17. The van der Waals surface area contributed by atoms with Gasteiger partial charge in [-0.25, -0.2) is 9.37 Å². The second-order valence-electron chi connectivity index (χ2n) is 5.12. The Balaban J connectivity index is 1.74. The summed E-state index contributed by atoms with van der Waals surface area (Å²) in [7, 11) is 0. The Morgan fingerprint density at radius 3 is 2.50 bits per heavy atom. The largest absolute Gasteiger partial charge is 0.330 e. The quantitative estimate of drug-likeness (QED) is 0.513. The van der Waals surface area contributed by atoms with Crippen molar-refractivity contribution in [1.82, 2.24) is 9.55 Å². The summed E-state index contributed by atoms with van der Waals surface area (Å²) < 4.78 is 15.2. The lowest BCUT2D eigenvalue weighted by molar-refractivity contribution is 0.628. The van der Waals surface area contributed by atoms with Crippen molar-refractivity contribution in [2.75, 3.05) is 0 Å². The number of imidazole rings is 1. The zero-order chi connectivity index (χ0) is 13.5. The molecule has 1 aliphatic heterocycles. The summed E-state index contributed by atoms with van der Waals surface area (Å²) >= 11 is 0. The van der Waals surface area contributed by atoms with Gasteiger partial charge in [-0.15, -0.1) is 0 Å². The van der Waals surface area contributed by atoms with Crippen LogP contribution in [0, 0.1) is 5.82 Å². The van der Waals surface area contributed by atoms with Crippen LogP contribution in [0.5, 0.6) is 0 Å². The third-order valence-electron chi connectivity index (χ3n) is 3.81. The lowest BCUT2D eigenvalue weighted by Crippen LogP contribution is -2.13. The summed E-state index contributed by atoms with van der Waals surface area (Å²) in [5.41, 5.74) is 4.56. The monoisotopic (exact) mass is 264 g/mol. The van der Waals surface area contributed by atoms with E-state index in [1.807, 2.05) is 0 Å². The van der Waals surface area contributed by atoms with Crippen LogP contribution >= 0.6 is 0 Å². The second-order valence-corrected chi connectivity index (χ2v) is 5.12. The van der Waals surface area contributed by atoms with Crippen LogP contribution in [0.4, 0.5) is 4.39 Å². The molecule has 20 heavy (non-hydrogen) atoms. The van der Waals surface area contributed by atoms with Gasteiger partial charge in [-0.3, -0.25) is 0 Å². The number of nitrogens with zero attached hydrogens (tertiary/aromatic N) is 2. The minimum atomic E-state index is -0.217. The number of hydrogen-bond acceptors (Lipinski definition) is 1. The molecule has 0 saturated heterocycles. The Morgan fingerprint density at radius 2 is 1.70 bits per heavy atom. The maximum atomic E-state index is 13.0. The third-order valence-corrected chi connectivity index (χ3v) is 3.81. The average Bonchev–Trinajstić information content (AvgIpc) is 2.88. The first-order valence-electron chi connectivity index (χ1n) is 6.68. The number of rotatable bonds is 1. The topological polar surface area (TPSA) is 17.8 Å². The number of hydrogen-bond donors (Lipinski definition) is 0. The fourth-order valence-electron chi connectivity index (χ4n) is 2.73. The standard InChI is InChI=1S/C17H13FN2/c18-15-7-5-12(6-8-15)16-11-20-10-14-4-2-1-3-13(14)9-17(20)19-16/h1-8,11H,9-10H2. The van der Waals surface area contributed by atoms with Crippen molar-refractivity contribution < 1.29 is 4.39 Å². The molecule has 1 aliphatic rings. The second kappa shape index (κ2) is 4.30. The van der Waals surface area contributed by atoms with Gasteiger partial charge in [0, 0.05) is 24.7 Å². The van der Waals surface area contributed by atoms with Crippen LogP contribution in [0.25, 0.3) is 11.3 Å². The van der Waals surface area contributed by atoms with Gasteiger partial charge in [0.15, 0.2) is 0 Å². The van der Waals surface area contributed by atoms with Gasteiger partial charge >= 0.3 is 0 Å². The predicted octanol–water partition coefficient (Wildman–Crippen LogP) is 3.64. The molecule has 1 aromatic heterocycles. The fourth-order valence-corrected chi connectivity index (χ4v) is 2.73. The number of aromatic nitrogens is 2. The van der Waals surface area contributed by atoms with Crippen LogP contribution in [0.1, 0.15) is 17.0 Å². The van der Waals surface area contributed by atoms with Crippen molar-refractivity contribution in [3.8, 4) is 11.3 Å². The summed E-state index contributed by atoms with van der Waals surface area (Å²) in [6.07, 6.45) is 2.91. The molecular formula is C17H13FN2. The maximum absolute atomic E-state index is 13.0. The van der Waals surface area contributed by atoms with E-state index in [-0.39, 0.29) is 5.82 Å². The van der Waals surface area contributed by atoms with Gasteiger partial charge in [0.25, 0.3) is 0 Å². The van der Waals surface area contributed by atoms with Gasteiger partial charge in [-0.2, -0.15) is 0 Å². The number of benzene rings is 2. The molecule has 0 spiro atoms. The fraction of sp³-hybridized carbons (Fsp3) is 0.118. The van der Waals surface area contributed by atoms with E-state index >= 15 is 0 Å². The molecular weight excluding hydrogens is 251 g/mol. The Kier molecular flexibility index (Phi) is 2.46. The Bertz CT molecular complexity index is 729. The lowest BCUT2D eigenvalue weighted by Gasteiger charge is -2.17. The molecule has 0 amide bonds. The summed E-state index contributed by atoms with van der Waals surface area (Å²) in [5, 5.41) is 0. The summed E-state index contributed by atoms with van der Waals surface area (Å²) in [4.78, 5) is 4.69. The minimum absolute atomic E-state index is 0.217. The SMILES string of the molecule is Fc1ccc(-c2cn3c(n2)Cc2ccccc2C3)cc1. The third kappa shape index (κ3) is 1.83. The molecule has 98 valence electrons. The van der Waals surface area contributed by atoms with Crippen molar-refractivity contribution in [3.63, 3.8) is 0 Å². The molecule has 0 aliphatic carbocycles. The van der Waals surface area contributed by atoms with Gasteiger partial charge in [-0.1, -0.05) is 24.3 Å². The Morgan fingerprint density at radius 1 is 0.950 bits per heavy atom. The number of fused-ring (bicyclic) bond motifs is 2. The van der Waals surface area contributed by atoms with Crippen molar-refractivity contribution in [2.45, 2.75) is 13.0 Å². The molecule has 0 saturated carbocycles. The van der Waals surface area contributed by atoms with Gasteiger partial charge in [-0.05, 0) is 35.4 Å². The summed E-state index contributed by atoms with van der Waals surface area (Å²) in [6.45, 7) is 0.861. The molecule has 0 radical (unpaired) electrons. The van der Waals surface area contributed by atoms with Crippen LogP contribution in [0.2, 0.25) is 0 Å². The van der Waals surface area contributed by atoms with Gasteiger partial charge in [0.05, 0.1) is 5.69 Å². The number of halogens is 1. The smallest absolute Gasteiger partial charge is 0.123 e. The van der Waals surface area contributed by atoms with E-state index in [1.54, 1.807) is 12.1 Å². The van der Waals surface area contributed by atoms with E-state index in [0.717, 1.165) is 30.0 Å². The van der Waals surface area contributed by atoms with Crippen molar-refractivity contribution in [1.29, 1.82) is 0 Å². The highest BCUT2D eigenvalue weighted by Crippen LogP contribution is 2.26. The molecule has 2 heterocycles. The molecule has 3 heteroatoms. The molecule has 0 bridgehead atoms. The lowest BCUT2D eigenvalue weighted by atomic mass is 10.0. The average molecular weight is 264 g/mol. The first kappa shape index (κ1) is 11.4. The zero-order valence-electron chi connectivity index (χ0n) is 10.9. The van der Waals surface area contributed by atoms with Gasteiger partial charge < -0.3 is 4.57 Å². The first-order valence-corrected chi connectivity index (χ1v) is 6.68. The van der Waals surface area contributed by atoms with E-state index in [0.29, 0.717) is 0 Å². The van der Waals surface area contributed by atoms with Crippen molar-refractivity contribution in [2.24, 2.45) is 0 Å². The summed E-state index contributed by atoms with van der Waals surface area (Å²) in [6, 6.07) is 15.0. The van der Waals surface area contributed by atoms with E-state index in [1.165, 1.54) is 23.3 Å². The molecule has 0 atom stereocenters. The molecule has 2 aromatic carbocycles. The van der Waals surface area contributed by atoms with Gasteiger partial charge in [0.1, 0.15) is 11.6 Å². The zero-order valence-corrected chi connectivity index (χ0v) is 10.9. The normalized spacial score (nSPS) is 12.8. The van der Waals surface area contributed by atoms with Crippen molar-refractivity contribution in [3.05, 3.63) is 77.5 Å². The highest BCUT2D eigenvalue weighted by molar-refractivity contribution is 5.59. The maximum Gasteiger partial charge on any atom is 0.123 e. The van der Waals surface area contributed by atoms with Crippen LogP contribution in [-0.4, -0.2) is 9.55 Å². The highest BCUT2D eigenvalue weighted by atomic mass is 19.1. The van der Waals surface area contributed by atoms with Crippen LogP contribution < -0.4 is 0 Å². The van der Waals surface area contributed by atoms with Crippen molar-refractivity contribution >= 4 is 0 Å². The minimum Gasteiger partial charge on any atom is -0.330 e. The van der Waals surface area contributed by atoms with Crippen LogP contribution in [0.15, 0.2) is 54.7 Å². The van der Waals surface area contributed by atoms with Crippen LogP contribution in [-0.2, 0) is 13.0 Å². The molecule has 0 unspecified atom stereocenters. The first-order chi connectivity index (χ1) is 9.79. The van der Waals surface area contributed by atoms with E-state index < -0.39 is 0 Å².